The molecule has 1 aromatic carbocycles. The Morgan fingerprint density at radius 3 is 2.24 bits per heavy atom. The SMILES string of the molecule is CCn1c(-c2cccnc2C(C)C)c(CC(C)(C)C)c2cc(B3OC(C)(C)C(C)(C)O3)ccc21. The van der Waals surface area contributed by atoms with Crippen LogP contribution in [0, 0.1) is 5.41 Å². The Morgan fingerprint density at radius 2 is 1.68 bits per heavy atom. The van der Waals surface area contributed by atoms with Gasteiger partial charge in [0.2, 0.25) is 0 Å². The summed E-state index contributed by atoms with van der Waals surface area (Å²) < 4.78 is 15.3. The van der Waals surface area contributed by atoms with Gasteiger partial charge >= 0.3 is 7.12 Å². The highest BCUT2D eigenvalue weighted by Gasteiger charge is 2.51. The van der Waals surface area contributed by atoms with Gasteiger partial charge < -0.3 is 13.9 Å². The minimum absolute atomic E-state index is 0.141. The first-order chi connectivity index (χ1) is 15.8. The van der Waals surface area contributed by atoms with E-state index < -0.39 is 0 Å². The van der Waals surface area contributed by atoms with Gasteiger partial charge in [0, 0.05) is 29.2 Å². The number of hydrogen-bond donors (Lipinski definition) is 0. The average Bonchev–Trinajstić information content (AvgIpc) is 3.15. The fraction of sp³-hybridized carbons (Fsp3) is 0.552. The van der Waals surface area contributed by atoms with E-state index in [4.69, 9.17) is 14.3 Å². The summed E-state index contributed by atoms with van der Waals surface area (Å²) in [7, 11) is -0.366. The molecule has 1 fully saturated rings. The molecule has 0 atom stereocenters. The zero-order valence-corrected chi connectivity index (χ0v) is 22.7. The lowest BCUT2D eigenvalue weighted by Crippen LogP contribution is -2.41. The van der Waals surface area contributed by atoms with E-state index in [-0.39, 0.29) is 23.7 Å². The maximum Gasteiger partial charge on any atom is 0.494 e. The van der Waals surface area contributed by atoms with Crippen molar-refractivity contribution in [1.29, 1.82) is 0 Å². The Morgan fingerprint density at radius 1 is 1.03 bits per heavy atom. The zero-order chi connectivity index (χ0) is 25.1. The molecule has 1 aliphatic heterocycles. The van der Waals surface area contributed by atoms with Gasteiger partial charge in [-0.2, -0.15) is 0 Å². The number of benzene rings is 1. The number of pyridine rings is 1. The fourth-order valence-corrected chi connectivity index (χ4v) is 4.99. The standard InChI is InChI=1S/C29H41BN2O2/c1-11-32-24-15-14-20(30-33-28(7,8)29(9,10)34-30)17-22(24)23(18-27(4,5)6)26(32)21-13-12-16-31-25(21)19(2)3/h12-17,19H,11,18H2,1-10H3. The lowest BCUT2D eigenvalue weighted by Gasteiger charge is -2.32. The van der Waals surface area contributed by atoms with E-state index in [9.17, 15) is 0 Å². The van der Waals surface area contributed by atoms with Gasteiger partial charge in [-0.3, -0.25) is 4.98 Å². The second-order valence-electron chi connectivity index (χ2n) is 12.3. The number of fused-ring (bicyclic) bond motifs is 1. The normalized spacial score (nSPS) is 17.8. The molecule has 3 aromatic rings. The molecule has 5 heteroatoms. The van der Waals surface area contributed by atoms with Crippen molar-refractivity contribution in [2.45, 2.75) is 99.3 Å². The number of aromatic nitrogens is 2. The highest BCUT2D eigenvalue weighted by atomic mass is 16.7. The van der Waals surface area contributed by atoms with Crippen molar-refractivity contribution in [2.24, 2.45) is 5.41 Å². The summed E-state index contributed by atoms with van der Waals surface area (Å²) in [6, 6.07) is 11.0. The molecule has 0 radical (unpaired) electrons. The highest BCUT2D eigenvalue weighted by molar-refractivity contribution is 6.62. The van der Waals surface area contributed by atoms with Crippen LogP contribution in [0.25, 0.3) is 22.2 Å². The van der Waals surface area contributed by atoms with Crippen molar-refractivity contribution < 1.29 is 9.31 Å². The van der Waals surface area contributed by atoms with E-state index in [2.05, 4.69) is 104 Å². The maximum absolute atomic E-state index is 6.40. The second kappa shape index (κ2) is 8.53. The monoisotopic (exact) mass is 460 g/mol. The lowest BCUT2D eigenvalue weighted by atomic mass is 9.77. The minimum atomic E-state index is -0.366. The van der Waals surface area contributed by atoms with Crippen LogP contribution in [-0.4, -0.2) is 27.9 Å². The Hall–Kier alpha value is -2.11. The molecule has 2 aromatic heterocycles. The Balaban J connectivity index is 1.97. The first-order valence-corrected chi connectivity index (χ1v) is 12.7. The van der Waals surface area contributed by atoms with Gasteiger partial charge in [-0.1, -0.05) is 46.8 Å². The first kappa shape index (κ1) is 25.0. The van der Waals surface area contributed by atoms with Crippen molar-refractivity contribution >= 4 is 23.5 Å². The average molecular weight is 460 g/mol. The number of rotatable bonds is 5. The lowest BCUT2D eigenvalue weighted by molar-refractivity contribution is 0.00578. The van der Waals surface area contributed by atoms with Crippen LogP contribution in [-0.2, 0) is 22.3 Å². The third kappa shape index (κ3) is 4.33. The quantitative estimate of drug-likeness (QED) is 0.396. The van der Waals surface area contributed by atoms with Gasteiger partial charge in [0.15, 0.2) is 0 Å². The van der Waals surface area contributed by atoms with E-state index in [0.29, 0.717) is 5.92 Å². The van der Waals surface area contributed by atoms with E-state index in [1.165, 1.54) is 27.7 Å². The molecule has 182 valence electrons. The van der Waals surface area contributed by atoms with Crippen molar-refractivity contribution in [3.63, 3.8) is 0 Å². The van der Waals surface area contributed by atoms with E-state index in [0.717, 1.165) is 24.1 Å². The molecule has 0 aliphatic carbocycles. The molecule has 3 heterocycles. The maximum atomic E-state index is 6.40. The first-order valence-electron chi connectivity index (χ1n) is 12.7. The van der Waals surface area contributed by atoms with Crippen LogP contribution in [0.4, 0.5) is 0 Å². The molecule has 0 unspecified atom stereocenters. The smallest absolute Gasteiger partial charge is 0.399 e. The van der Waals surface area contributed by atoms with Crippen molar-refractivity contribution in [2.75, 3.05) is 0 Å². The van der Waals surface area contributed by atoms with Crippen LogP contribution < -0.4 is 5.46 Å². The summed E-state index contributed by atoms with van der Waals surface area (Å²) >= 11 is 0. The fourth-order valence-electron chi connectivity index (χ4n) is 4.99. The second-order valence-corrected chi connectivity index (χ2v) is 12.3. The molecule has 1 saturated heterocycles. The molecule has 34 heavy (non-hydrogen) atoms. The third-order valence-electron chi connectivity index (χ3n) is 7.38. The molecule has 0 bridgehead atoms. The molecule has 4 rings (SSSR count). The van der Waals surface area contributed by atoms with Crippen LogP contribution in [0.2, 0.25) is 0 Å². The molecule has 1 aliphatic rings. The summed E-state index contributed by atoms with van der Waals surface area (Å²) in [6.07, 6.45) is 2.89. The molecular weight excluding hydrogens is 419 g/mol. The molecule has 0 spiro atoms. The largest absolute Gasteiger partial charge is 0.494 e. The molecular formula is C29H41BN2O2. The van der Waals surface area contributed by atoms with E-state index in [1.54, 1.807) is 0 Å². The number of hydrogen-bond acceptors (Lipinski definition) is 3. The summed E-state index contributed by atoms with van der Waals surface area (Å²) in [6.45, 7) is 23.0. The Labute approximate surface area is 206 Å². The van der Waals surface area contributed by atoms with Gasteiger partial charge in [0.25, 0.3) is 0 Å². The molecule has 0 N–H and O–H groups in total. The Bertz CT molecular complexity index is 1180. The molecule has 0 amide bonds. The topological polar surface area (TPSA) is 36.3 Å². The van der Waals surface area contributed by atoms with Gasteiger partial charge in [-0.15, -0.1) is 0 Å². The third-order valence-corrected chi connectivity index (χ3v) is 7.38. The molecule has 4 nitrogen and oxygen atoms in total. The van der Waals surface area contributed by atoms with Gasteiger partial charge in [0.05, 0.1) is 22.6 Å². The number of aryl methyl sites for hydroxylation is 1. The van der Waals surface area contributed by atoms with Crippen LogP contribution in [0.5, 0.6) is 0 Å². The van der Waals surface area contributed by atoms with Gasteiger partial charge in [-0.05, 0) is 81.6 Å². The zero-order valence-electron chi connectivity index (χ0n) is 22.7. The van der Waals surface area contributed by atoms with E-state index in [1.807, 2.05) is 6.20 Å². The van der Waals surface area contributed by atoms with Crippen molar-refractivity contribution in [1.82, 2.24) is 9.55 Å². The minimum Gasteiger partial charge on any atom is -0.399 e. The van der Waals surface area contributed by atoms with Crippen molar-refractivity contribution in [3.8, 4) is 11.3 Å². The summed E-state index contributed by atoms with van der Waals surface area (Å²) in [5.74, 6) is 0.349. The van der Waals surface area contributed by atoms with Gasteiger partial charge in [-0.25, -0.2) is 0 Å². The van der Waals surface area contributed by atoms with Crippen LogP contribution >= 0.6 is 0 Å². The van der Waals surface area contributed by atoms with Crippen LogP contribution in [0.1, 0.15) is 86.4 Å². The van der Waals surface area contributed by atoms with E-state index >= 15 is 0 Å². The predicted molar refractivity (Wildman–Crippen MR) is 144 cm³/mol. The number of nitrogens with zero attached hydrogens (tertiary/aromatic N) is 2. The van der Waals surface area contributed by atoms with Gasteiger partial charge in [0.1, 0.15) is 0 Å². The predicted octanol–water partition coefficient (Wildman–Crippen LogP) is 6.73. The summed E-state index contributed by atoms with van der Waals surface area (Å²) in [5.41, 5.74) is 6.85. The van der Waals surface area contributed by atoms with Crippen LogP contribution in [0.3, 0.4) is 0 Å². The van der Waals surface area contributed by atoms with Crippen molar-refractivity contribution in [3.05, 3.63) is 47.8 Å². The summed E-state index contributed by atoms with van der Waals surface area (Å²) in [4.78, 5) is 4.80. The highest BCUT2D eigenvalue weighted by Crippen LogP contribution is 2.41. The van der Waals surface area contributed by atoms with Crippen LogP contribution in [0.15, 0.2) is 36.5 Å². The molecule has 0 saturated carbocycles. The Kier molecular flexibility index (Phi) is 6.27. The summed E-state index contributed by atoms with van der Waals surface area (Å²) in [5, 5.41) is 1.29.